The van der Waals surface area contributed by atoms with Gasteiger partial charge in [0.25, 0.3) is 0 Å². The van der Waals surface area contributed by atoms with E-state index in [0.717, 1.165) is 17.6 Å². The van der Waals surface area contributed by atoms with Gasteiger partial charge in [-0.3, -0.25) is 0 Å². The van der Waals surface area contributed by atoms with Gasteiger partial charge in [0.2, 0.25) is 0 Å². The Bertz CT molecular complexity index is 604. The van der Waals surface area contributed by atoms with E-state index in [4.69, 9.17) is 4.74 Å². The van der Waals surface area contributed by atoms with Crippen LogP contribution in [0.1, 0.15) is 23.6 Å². The molecule has 1 atom stereocenters. The van der Waals surface area contributed by atoms with Crippen molar-refractivity contribution < 1.29 is 9.53 Å². The molecular formula is C18H20O2. The average Bonchev–Trinajstić information content (AvgIpc) is 2.49. The van der Waals surface area contributed by atoms with Crippen molar-refractivity contribution in [1.29, 1.82) is 0 Å². The van der Waals surface area contributed by atoms with Gasteiger partial charge < -0.3 is 9.53 Å². The first kappa shape index (κ1) is 14.3. The molecule has 1 unspecified atom stereocenters. The molecule has 0 saturated carbocycles. The van der Waals surface area contributed by atoms with Crippen LogP contribution in [0, 0.1) is 6.92 Å². The molecule has 0 radical (unpaired) electrons. The van der Waals surface area contributed by atoms with Gasteiger partial charge in [-0.25, -0.2) is 0 Å². The predicted octanol–water partition coefficient (Wildman–Crippen LogP) is 3.70. The Labute approximate surface area is 120 Å². The number of carbonyl (C=O) groups excluding carboxylic acids is 1. The van der Waals surface area contributed by atoms with Crippen molar-refractivity contribution in [3.63, 3.8) is 0 Å². The number of ether oxygens (including phenoxy) is 1. The first-order valence-corrected chi connectivity index (χ1v) is 6.75. The van der Waals surface area contributed by atoms with E-state index in [9.17, 15) is 4.79 Å². The molecule has 0 aliphatic rings. The van der Waals surface area contributed by atoms with Gasteiger partial charge in [0.15, 0.2) is 0 Å². The summed E-state index contributed by atoms with van der Waals surface area (Å²) in [7, 11) is 1.64. The Balaban J connectivity index is 2.44. The molecule has 104 valence electrons. The van der Waals surface area contributed by atoms with Gasteiger partial charge in [-0.05, 0) is 37.5 Å². The highest BCUT2D eigenvalue weighted by Gasteiger charge is 2.30. The van der Waals surface area contributed by atoms with Crippen LogP contribution in [0.3, 0.4) is 0 Å². The van der Waals surface area contributed by atoms with Crippen molar-refractivity contribution in [3.05, 3.63) is 65.2 Å². The lowest BCUT2D eigenvalue weighted by atomic mass is 9.77. The molecule has 2 nitrogen and oxygen atoms in total. The number of rotatable bonds is 5. The third kappa shape index (κ3) is 2.74. The van der Waals surface area contributed by atoms with Crippen LogP contribution >= 0.6 is 0 Å². The van der Waals surface area contributed by atoms with Crippen LogP contribution in [0.4, 0.5) is 0 Å². The molecule has 0 heterocycles. The zero-order valence-corrected chi connectivity index (χ0v) is 12.2. The second-order valence-electron chi connectivity index (χ2n) is 5.34. The van der Waals surface area contributed by atoms with E-state index in [1.54, 1.807) is 7.11 Å². The molecule has 2 aromatic carbocycles. The van der Waals surface area contributed by atoms with Crippen molar-refractivity contribution in [2.45, 2.75) is 25.7 Å². The van der Waals surface area contributed by atoms with E-state index in [-0.39, 0.29) is 0 Å². The summed E-state index contributed by atoms with van der Waals surface area (Å²) in [5.41, 5.74) is 2.74. The zero-order valence-electron chi connectivity index (χ0n) is 12.2. The second-order valence-corrected chi connectivity index (χ2v) is 5.34. The minimum absolute atomic E-state index is 0.585. The van der Waals surface area contributed by atoms with Gasteiger partial charge in [-0.1, -0.05) is 42.5 Å². The maximum Gasteiger partial charge on any atom is 0.130 e. The highest BCUT2D eigenvalue weighted by atomic mass is 16.5. The molecule has 0 saturated heterocycles. The number of hydrogen-bond donors (Lipinski definition) is 0. The number of benzene rings is 2. The van der Waals surface area contributed by atoms with Gasteiger partial charge in [-0.2, -0.15) is 0 Å². The monoisotopic (exact) mass is 268 g/mol. The highest BCUT2D eigenvalue weighted by Crippen LogP contribution is 2.33. The number of hydrogen-bond acceptors (Lipinski definition) is 2. The maximum atomic E-state index is 11.8. The summed E-state index contributed by atoms with van der Waals surface area (Å²) in [5, 5.41) is 0. The van der Waals surface area contributed by atoms with Gasteiger partial charge >= 0.3 is 0 Å². The van der Waals surface area contributed by atoms with E-state index in [1.807, 2.05) is 43.3 Å². The molecule has 20 heavy (non-hydrogen) atoms. The number of methoxy groups -OCH3 is 1. The fourth-order valence-electron chi connectivity index (χ4n) is 2.52. The molecule has 0 aliphatic heterocycles. The normalized spacial score (nSPS) is 13.6. The molecule has 2 rings (SSSR count). The molecular weight excluding hydrogens is 248 g/mol. The Morgan fingerprint density at radius 3 is 2.40 bits per heavy atom. The van der Waals surface area contributed by atoms with E-state index in [2.05, 4.69) is 19.1 Å². The molecule has 0 amide bonds. The van der Waals surface area contributed by atoms with Crippen LogP contribution in [0.5, 0.6) is 5.75 Å². The van der Waals surface area contributed by atoms with E-state index >= 15 is 0 Å². The standard InChI is InChI=1S/C18H20O2/c1-14-8-4-5-9-15(14)12-18(2,13-19)16-10-6-7-11-17(16)20-3/h4-11,13H,12H2,1-3H3. The van der Waals surface area contributed by atoms with Crippen LogP contribution in [0.2, 0.25) is 0 Å². The van der Waals surface area contributed by atoms with Crippen molar-refractivity contribution in [1.82, 2.24) is 0 Å². The molecule has 2 aromatic rings. The first-order chi connectivity index (χ1) is 9.60. The van der Waals surface area contributed by atoms with Gasteiger partial charge in [0.1, 0.15) is 12.0 Å². The molecule has 0 aliphatic carbocycles. The minimum atomic E-state index is -0.585. The number of aryl methyl sites for hydroxylation is 1. The number of carbonyl (C=O) groups is 1. The fourth-order valence-corrected chi connectivity index (χ4v) is 2.52. The van der Waals surface area contributed by atoms with E-state index in [1.165, 1.54) is 11.1 Å². The van der Waals surface area contributed by atoms with Crippen LogP contribution in [0.25, 0.3) is 0 Å². The summed E-state index contributed by atoms with van der Waals surface area (Å²) in [6.07, 6.45) is 1.70. The predicted molar refractivity (Wildman–Crippen MR) is 81.3 cm³/mol. The van der Waals surface area contributed by atoms with Crippen molar-refractivity contribution in [2.75, 3.05) is 7.11 Å². The Hall–Kier alpha value is -2.09. The average molecular weight is 268 g/mol. The van der Waals surface area contributed by atoms with Crippen molar-refractivity contribution in [2.24, 2.45) is 0 Å². The molecule has 2 heteroatoms. The summed E-state index contributed by atoms with van der Waals surface area (Å²) < 4.78 is 5.40. The maximum absolute atomic E-state index is 11.8. The topological polar surface area (TPSA) is 26.3 Å². The lowest BCUT2D eigenvalue weighted by molar-refractivity contribution is -0.112. The zero-order chi connectivity index (χ0) is 14.6. The molecule has 0 N–H and O–H groups in total. The van der Waals surface area contributed by atoms with Crippen molar-refractivity contribution in [3.8, 4) is 5.75 Å². The summed E-state index contributed by atoms with van der Waals surface area (Å²) in [6, 6.07) is 15.9. The molecule has 0 bridgehead atoms. The fraction of sp³-hybridized carbons (Fsp3) is 0.278. The van der Waals surface area contributed by atoms with Crippen molar-refractivity contribution >= 4 is 6.29 Å². The van der Waals surface area contributed by atoms with Gasteiger partial charge in [-0.15, -0.1) is 0 Å². The minimum Gasteiger partial charge on any atom is -0.496 e. The number of para-hydroxylation sites is 1. The summed E-state index contributed by atoms with van der Waals surface area (Å²) >= 11 is 0. The third-order valence-electron chi connectivity index (χ3n) is 3.80. The van der Waals surface area contributed by atoms with Crippen LogP contribution in [0.15, 0.2) is 48.5 Å². The van der Waals surface area contributed by atoms with Crippen LogP contribution in [-0.4, -0.2) is 13.4 Å². The smallest absolute Gasteiger partial charge is 0.130 e. The van der Waals surface area contributed by atoms with Gasteiger partial charge in [0.05, 0.1) is 12.5 Å². The molecule has 0 fully saturated rings. The highest BCUT2D eigenvalue weighted by molar-refractivity contribution is 5.71. The Morgan fingerprint density at radius 1 is 1.10 bits per heavy atom. The summed E-state index contributed by atoms with van der Waals surface area (Å²) in [5.74, 6) is 0.760. The Kier molecular flexibility index (Phi) is 4.23. The van der Waals surface area contributed by atoms with Crippen LogP contribution < -0.4 is 4.74 Å². The quantitative estimate of drug-likeness (QED) is 0.773. The largest absolute Gasteiger partial charge is 0.496 e. The lowest BCUT2D eigenvalue weighted by Crippen LogP contribution is -2.27. The van der Waals surface area contributed by atoms with Crippen LogP contribution in [-0.2, 0) is 16.6 Å². The number of aldehydes is 1. The van der Waals surface area contributed by atoms with E-state index in [0.29, 0.717) is 6.42 Å². The molecule has 0 spiro atoms. The second kappa shape index (κ2) is 5.91. The lowest BCUT2D eigenvalue weighted by Gasteiger charge is -2.26. The third-order valence-corrected chi connectivity index (χ3v) is 3.80. The Morgan fingerprint density at radius 2 is 1.75 bits per heavy atom. The molecule has 0 aromatic heterocycles. The van der Waals surface area contributed by atoms with Gasteiger partial charge in [0, 0.05) is 5.56 Å². The SMILES string of the molecule is COc1ccccc1C(C)(C=O)Cc1ccccc1C. The van der Waals surface area contributed by atoms with E-state index < -0.39 is 5.41 Å². The summed E-state index contributed by atoms with van der Waals surface area (Å²) in [6.45, 7) is 4.03. The summed E-state index contributed by atoms with van der Waals surface area (Å²) in [4.78, 5) is 11.8. The first-order valence-electron chi connectivity index (χ1n) is 6.75.